The van der Waals surface area contributed by atoms with Gasteiger partial charge in [-0.3, -0.25) is 0 Å². The van der Waals surface area contributed by atoms with Crippen molar-refractivity contribution in [2.75, 3.05) is 0 Å². The molecule has 149 valence electrons. The number of rotatable bonds is 0. The molecule has 0 spiro atoms. The fourth-order valence-corrected chi connectivity index (χ4v) is 0. The predicted molar refractivity (Wildman–Crippen MR) is 67.3 cm³/mol. The molecular formula is C13H18MnO12. The topological polar surface area (TPSA) is 241 Å². The molecule has 0 aliphatic rings. The molecule has 0 aromatic heterocycles. The van der Waals surface area contributed by atoms with Crippen molar-refractivity contribution < 1.29 is 76.5 Å². The molecule has 0 aromatic carbocycles. The molecule has 0 fully saturated rings. The van der Waals surface area contributed by atoms with Gasteiger partial charge in [-0.2, -0.15) is 0 Å². The van der Waals surface area contributed by atoms with E-state index < -0.39 is 35.8 Å². The summed E-state index contributed by atoms with van der Waals surface area (Å²) in [6.45, 7) is 5.83. The Balaban J connectivity index is -0.0000000245. The molecule has 12 nitrogen and oxygen atoms in total. The first kappa shape index (κ1) is 49.5. The summed E-state index contributed by atoms with van der Waals surface area (Å²) in [4.78, 5) is 53.3. The Morgan fingerprint density at radius 1 is 0.385 bits per heavy atom. The van der Waals surface area contributed by atoms with Gasteiger partial charge in [-0.1, -0.05) is 0 Å². The molecule has 13 heteroatoms. The summed E-state index contributed by atoms with van der Waals surface area (Å²) in [6.07, 6.45) is 0. The molecule has 0 rings (SSSR count). The van der Waals surface area contributed by atoms with Gasteiger partial charge in [-0.15, -0.1) is 0 Å². The van der Waals surface area contributed by atoms with Crippen molar-refractivity contribution in [3.63, 3.8) is 0 Å². The van der Waals surface area contributed by atoms with Crippen molar-refractivity contribution in [2.24, 2.45) is 0 Å². The molecule has 0 amide bonds. The van der Waals surface area contributed by atoms with Crippen LogP contribution in [-0.2, 0) is 45.8 Å². The van der Waals surface area contributed by atoms with Gasteiger partial charge in [0, 0.05) is 35.8 Å². The molecule has 0 aliphatic heterocycles. The van der Waals surface area contributed by atoms with Crippen LogP contribution in [0.3, 0.4) is 0 Å². The third-order valence-electron chi connectivity index (χ3n) is 0. The maximum absolute atomic E-state index is 8.89. The molecule has 0 saturated heterocycles. The summed E-state index contributed by atoms with van der Waals surface area (Å²) in [7, 11) is 0. The number of hydrogen-bond acceptors (Lipinski definition) is 12. The minimum absolute atomic E-state index is 0. The third kappa shape index (κ3) is 1250. The Kier molecular flexibility index (Phi) is 82.3. The van der Waals surface area contributed by atoms with Crippen LogP contribution >= 0.6 is 0 Å². The minimum Gasteiger partial charge on any atom is -0.550 e. The normalized spacial score (nSPS) is 5.77. The fourth-order valence-electron chi connectivity index (χ4n) is 0. The molecule has 0 aromatic rings. The summed E-state index contributed by atoms with van der Waals surface area (Å²) in [5.74, 6) is -6.50. The third-order valence-corrected chi connectivity index (χ3v) is 0. The summed E-state index contributed by atoms with van der Waals surface area (Å²) >= 11 is 0. The van der Waals surface area contributed by atoms with E-state index in [0.29, 0.717) is 0 Å². The van der Waals surface area contributed by atoms with Crippen molar-refractivity contribution >= 4 is 35.8 Å². The monoisotopic (exact) mass is 421 g/mol. The Morgan fingerprint density at radius 3 is 0.385 bits per heavy atom. The summed E-state index contributed by atoms with van der Waals surface area (Å²) in [5, 5.41) is 53.3. The average Bonchev–Trinajstić information content (AvgIpc) is 2.08. The Labute approximate surface area is 161 Å². The van der Waals surface area contributed by atoms with E-state index in [9.17, 15) is 0 Å². The smallest absolute Gasteiger partial charge is 0.550 e. The summed E-state index contributed by atoms with van der Waals surface area (Å²) in [6, 6.07) is 0. The number of carboxylic acid groups (broad SMARTS) is 6. The van der Waals surface area contributed by atoms with Crippen molar-refractivity contribution in [2.45, 2.75) is 41.5 Å². The van der Waals surface area contributed by atoms with Gasteiger partial charge in [0.15, 0.2) is 0 Å². The molecule has 26 heavy (non-hydrogen) atoms. The van der Waals surface area contributed by atoms with E-state index in [-0.39, 0.29) is 24.5 Å². The second kappa shape index (κ2) is 43.2. The molecule has 0 saturated carbocycles. The van der Waals surface area contributed by atoms with E-state index in [1.807, 2.05) is 0 Å². The Morgan fingerprint density at radius 2 is 0.385 bits per heavy atom. The second-order valence-electron chi connectivity index (χ2n) is 2.95. The van der Waals surface area contributed by atoms with Crippen molar-refractivity contribution in [1.29, 1.82) is 0 Å². The van der Waals surface area contributed by atoms with E-state index in [1.165, 1.54) is 0 Å². The number of carbonyl (C=O) groups is 6. The van der Waals surface area contributed by atoms with E-state index in [0.717, 1.165) is 41.5 Å². The van der Waals surface area contributed by atoms with Crippen LogP contribution in [0.4, 0.5) is 0 Å². The summed E-state index contributed by atoms with van der Waals surface area (Å²) in [5.41, 5.74) is 0. The number of carbonyl (C=O) groups excluding carboxylic acids is 6. The van der Waals surface area contributed by atoms with Gasteiger partial charge in [-0.05, 0) is 41.5 Å². The Hall–Kier alpha value is -2.66. The SMILES string of the molecule is CC(=O)[O-].CC(=O)[O-].CC(=O)[O-].CC(=O)[O-].CC(=O)[O-].CC(=O)[O-].[C+4].[Mn+2]. The van der Waals surface area contributed by atoms with Crippen LogP contribution in [0.5, 0.6) is 0 Å². The van der Waals surface area contributed by atoms with Crippen molar-refractivity contribution in [3.8, 4) is 0 Å². The van der Waals surface area contributed by atoms with Gasteiger partial charge >= 0.3 is 24.5 Å². The van der Waals surface area contributed by atoms with E-state index in [4.69, 9.17) is 59.4 Å². The molecule has 0 unspecified atom stereocenters. The largest absolute Gasteiger partial charge is 4.00 e. The van der Waals surface area contributed by atoms with Gasteiger partial charge in [0.25, 0.3) is 0 Å². The van der Waals surface area contributed by atoms with Gasteiger partial charge in [0.2, 0.25) is 0 Å². The van der Waals surface area contributed by atoms with E-state index in [2.05, 4.69) is 0 Å². The Bertz CT molecular complexity index is 262. The summed E-state index contributed by atoms with van der Waals surface area (Å²) < 4.78 is 0. The van der Waals surface area contributed by atoms with Crippen LogP contribution in [-0.4, -0.2) is 35.8 Å². The average molecular weight is 421 g/mol. The standard InChI is InChI=1S/6C2H4O2.C.Mn/c6*1-2(3)4;;/h6*1H3,(H,3,4);;/q;;;;;;+4;+2/p-6. The number of hydrogen-bond donors (Lipinski definition) is 0. The number of carboxylic acids is 6. The van der Waals surface area contributed by atoms with Crippen molar-refractivity contribution in [3.05, 3.63) is 7.43 Å². The molecular weight excluding hydrogens is 403 g/mol. The molecule has 0 N–H and O–H groups in total. The minimum atomic E-state index is -1.08. The first-order valence-electron chi connectivity index (χ1n) is 5.45. The maximum atomic E-state index is 8.89. The molecule has 0 bridgehead atoms. The van der Waals surface area contributed by atoms with Crippen LogP contribution in [0.15, 0.2) is 0 Å². The fraction of sp³-hybridized carbons (Fsp3) is 0.462. The van der Waals surface area contributed by atoms with Crippen molar-refractivity contribution in [1.82, 2.24) is 0 Å². The van der Waals surface area contributed by atoms with Crippen LogP contribution in [0.25, 0.3) is 0 Å². The quantitative estimate of drug-likeness (QED) is 0.331. The first-order chi connectivity index (χ1) is 10.4. The van der Waals surface area contributed by atoms with Crippen LogP contribution in [0.1, 0.15) is 41.5 Å². The molecule has 0 heterocycles. The van der Waals surface area contributed by atoms with Gasteiger partial charge in [-0.25, -0.2) is 0 Å². The first-order valence-corrected chi connectivity index (χ1v) is 5.45. The zero-order valence-electron chi connectivity index (χ0n) is 14.8. The maximum Gasteiger partial charge on any atom is 4.00 e. The van der Waals surface area contributed by atoms with Gasteiger partial charge < -0.3 is 59.4 Å². The van der Waals surface area contributed by atoms with E-state index >= 15 is 0 Å². The van der Waals surface area contributed by atoms with Crippen LogP contribution in [0, 0.1) is 7.43 Å². The molecule has 1 radical (unpaired) electrons. The van der Waals surface area contributed by atoms with Gasteiger partial charge in [0.1, 0.15) is 0 Å². The molecule has 0 aliphatic carbocycles. The van der Waals surface area contributed by atoms with Crippen LogP contribution in [0.2, 0.25) is 0 Å². The zero-order valence-corrected chi connectivity index (χ0v) is 16.0. The molecule has 0 atom stereocenters. The van der Waals surface area contributed by atoms with E-state index in [1.54, 1.807) is 0 Å². The van der Waals surface area contributed by atoms with Gasteiger partial charge in [0.05, 0.1) is 0 Å². The van der Waals surface area contributed by atoms with Crippen LogP contribution < -0.4 is 30.6 Å². The number of aliphatic carboxylic acids is 6. The zero-order chi connectivity index (χ0) is 21.5. The predicted octanol–water partition coefficient (Wildman–Crippen LogP) is -7.38. The second-order valence-corrected chi connectivity index (χ2v) is 2.95.